The molecule has 1 saturated carbocycles. The SMILES string of the molecule is C1CCCC1.[Na]. The first kappa shape index (κ1) is 7.00. The van der Waals surface area contributed by atoms with Crippen LogP contribution in [0.1, 0.15) is 32.1 Å². The van der Waals surface area contributed by atoms with Crippen molar-refractivity contribution in [1.82, 2.24) is 0 Å². The summed E-state index contributed by atoms with van der Waals surface area (Å²) in [5.74, 6) is 0. The van der Waals surface area contributed by atoms with E-state index in [1.807, 2.05) is 0 Å². The zero-order valence-corrected chi connectivity index (χ0v) is 6.54. The molecule has 0 unspecified atom stereocenters. The Kier molecular flexibility index (Phi) is 4.86. The first-order valence-corrected chi connectivity index (χ1v) is 2.50. The van der Waals surface area contributed by atoms with Crippen LogP contribution >= 0.6 is 0 Å². The van der Waals surface area contributed by atoms with Gasteiger partial charge in [0.15, 0.2) is 0 Å². The zero-order chi connectivity index (χ0) is 3.54. The summed E-state index contributed by atoms with van der Waals surface area (Å²) in [5, 5.41) is 0. The molecule has 0 aromatic rings. The van der Waals surface area contributed by atoms with Gasteiger partial charge in [0.1, 0.15) is 0 Å². The van der Waals surface area contributed by atoms with E-state index in [1.54, 1.807) is 0 Å². The predicted octanol–water partition coefficient (Wildman–Crippen LogP) is 1.57. The van der Waals surface area contributed by atoms with Gasteiger partial charge in [-0.3, -0.25) is 0 Å². The molecule has 0 aliphatic heterocycles. The van der Waals surface area contributed by atoms with E-state index in [2.05, 4.69) is 0 Å². The molecular weight excluding hydrogens is 83.0 g/mol. The van der Waals surface area contributed by atoms with Crippen molar-refractivity contribution >= 4 is 29.6 Å². The summed E-state index contributed by atoms with van der Waals surface area (Å²) in [6, 6.07) is 0. The van der Waals surface area contributed by atoms with E-state index >= 15 is 0 Å². The summed E-state index contributed by atoms with van der Waals surface area (Å²) in [7, 11) is 0. The number of rotatable bonds is 0. The standard InChI is InChI=1S/C5H10.Na/c1-2-4-5-3-1;/h1-5H2;. The summed E-state index contributed by atoms with van der Waals surface area (Å²) < 4.78 is 0. The van der Waals surface area contributed by atoms with E-state index in [0.29, 0.717) is 0 Å². The Morgan fingerprint density at radius 2 is 0.667 bits per heavy atom. The fourth-order valence-corrected chi connectivity index (χ4v) is 0.884. The molecule has 1 aliphatic carbocycles. The first-order chi connectivity index (χ1) is 2.50. The van der Waals surface area contributed by atoms with E-state index in [-0.39, 0.29) is 29.6 Å². The van der Waals surface area contributed by atoms with E-state index in [1.165, 1.54) is 32.1 Å². The third-order valence-electron chi connectivity index (χ3n) is 1.25. The Bertz CT molecular complexity index is 15.5. The molecule has 0 bridgehead atoms. The molecule has 0 aromatic carbocycles. The van der Waals surface area contributed by atoms with Gasteiger partial charge in [0.05, 0.1) is 0 Å². The Balaban J connectivity index is 0.000000250. The second-order valence-electron chi connectivity index (χ2n) is 1.77. The fraction of sp³-hybridized carbons (Fsp3) is 1.00. The Morgan fingerprint density at radius 1 is 0.500 bits per heavy atom. The zero-order valence-electron chi connectivity index (χ0n) is 4.54. The van der Waals surface area contributed by atoms with Crippen molar-refractivity contribution in [3.05, 3.63) is 0 Å². The van der Waals surface area contributed by atoms with E-state index in [9.17, 15) is 0 Å². The molecule has 1 radical (unpaired) electrons. The Labute approximate surface area is 61.6 Å². The van der Waals surface area contributed by atoms with Gasteiger partial charge in [0.25, 0.3) is 0 Å². The van der Waals surface area contributed by atoms with E-state index in [4.69, 9.17) is 0 Å². The van der Waals surface area contributed by atoms with Crippen molar-refractivity contribution in [2.75, 3.05) is 0 Å². The fourth-order valence-electron chi connectivity index (χ4n) is 0.884. The van der Waals surface area contributed by atoms with Crippen LogP contribution in [0.3, 0.4) is 0 Å². The third-order valence-corrected chi connectivity index (χ3v) is 1.25. The van der Waals surface area contributed by atoms with Gasteiger partial charge < -0.3 is 0 Å². The van der Waals surface area contributed by atoms with Gasteiger partial charge in [0, 0.05) is 29.6 Å². The molecule has 0 atom stereocenters. The molecule has 0 nitrogen and oxygen atoms in total. The van der Waals surface area contributed by atoms with Crippen LogP contribution in [0.4, 0.5) is 0 Å². The van der Waals surface area contributed by atoms with Crippen LogP contribution in [-0.4, -0.2) is 29.6 Å². The minimum Gasteiger partial charge on any atom is -0.0533 e. The molecule has 0 saturated heterocycles. The van der Waals surface area contributed by atoms with Crippen molar-refractivity contribution in [2.45, 2.75) is 32.1 Å². The molecule has 0 spiro atoms. The molecule has 0 heterocycles. The van der Waals surface area contributed by atoms with Crippen molar-refractivity contribution in [2.24, 2.45) is 0 Å². The van der Waals surface area contributed by atoms with Gasteiger partial charge in [-0.25, -0.2) is 0 Å². The average molecular weight is 93.1 g/mol. The van der Waals surface area contributed by atoms with Crippen LogP contribution in [0.2, 0.25) is 0 Å². The smallest absolute Gasteiger partial charge is 0 e. The maximum absolute atomic E-state index is 1.50. The summed E-state index contributed by atoms with van der Waals surface area (Å²) >= 11 is 0. The van der Waals surface area contributed by atoms with Crippen LogP contribution in [-0.2, 0) is 0 Å². The second kappa shape index (κ2) is 4.17. The van der Waals surface area contributed by atoms with Crippen LogP contribution in [0.25, 0.3) is 0 Å². The predicted molar refractivity (Wildman–Crippen MR) is 28.8 cm³/mol. The van der Waals surface area contributed by atoms with Gasteiger partial charge in [-0.2, -0.15) is 0 Å². The summed E-state index contributed by atoms with van der Waals surface area (Å²) in [4.78, 5) is 0. The minimum atomic E-state index is 0. The third kappa shape index (κ3) is 2.22. The molecule has 0 amide bonds. The summed E-state index contributed by atoms with van der Waals surface area (Å²) in [5.41, 5.74) is 0. The summed E-state index contributed by atoms with van der Waals surface area (Å²) in [6.07, 6.45) is 7.50. The van der Waals surface area contributed by atoms with Gasteiger partial charge in [-0.1, -0.05) is 32.1 Å². The van der Waals surface area contributed by atoms with Crippen molar-refractivity contribution < 1.29 is 0 Å². The Hall–Kier alpha value is 1.00. The molecular formula is C5H10Na. The van der Waals surface area contributed by atoms with E-state index in [0.717, 1.165) is 0 Å². The maximum Gasteiger partial charge on any atom is 0 e. The topological polar surface area (TPSA) is 0 Å². The van der Waals surface area contributed by atoms with Gasteiger partial charge >= 0.3 is 0 Å². The average Bonchev–Trinajstić information content (AvgIpc) is 1.76. The van der Waals surface area contributed by atoms with Gasteiger partial charge in [-0.15, -0.1) is 0 Å². The van der Waals surface area contributed by atoms with Crippen molar-refractivity contribution in [3.8, 4) is 0 Å². The summed E-state index contributed by atoms with van der Waals surface area (Å²) in [6.45, 7) is 0. The van der Waals surface area contributed by atoms with Crippen molar-refractivity contribution in [1.29, 1.82) is 0 Å². The van der Waals surface area contributed by atoms with Crippen LogP contribution in [0, 0.1) is 0 Å². The molecule has 0 aromatic heterocycles. The monoisotopic (exact) mass is 93.1 g/mol. The van der Waals surface area contributed by atoms with Crippen LogP contribution in [0.5, 0.6) is 0 Å². The maximum atomic E-state index is 1.50. The van der Waals surface area contributed by atoms with Gasteiger partial charge in [0.2, 0.25) is 0 Å². The van der Waals surface area contributed by atoms with E-state index < -0.39 is 0 Å². The minimum absolute atomic E-state index is 0. The second-order valence-corrected chi connectivity index (χ2v) is 1.77. The van der Waals surface area contributed by atoms with Crippen LogP contribution in [0.15, 0.2) is 0 Å². The van der Waals surface area contributed by atoms with Gasteiger partial charge in [-0.05, 0) is 0 Å². The molecule has 1 heteroatoms. The molecule has 6 heavy (non-hydrogen) atoms. The molecule has 1 rings (SSSR count). The number of hydrogen-bond donors (Lipinski definition) is 0. The molecule has 1 aliphatic rings. The normalized spacial score (nSPS) is 20.0. The molecule has 31 valence electrons. The van der Waals surface area contributed by atoms with Crippen molar-refractivity contribution in [3.63, 3.8) is 0 Å². The molecule has 0 N–H and O–H groups in total. The van der Waals surface area contributed by atoms with Crippen LogP contribution < -0.4 is 0 Å². The molecule has 1 fully saturated rings. The first-order valence-electron chi connectivity index (χ1n) is 2.50. The Morgan fingerprint density at radius 3 is 0.833 bits per heavy atom. The quantitative estimate of drug-likeness (QED) is 0.399. The number of hydrogen-bond acceptors (Lipinski definition) is 0. The largest absolute Gasteiger partial charge is 0.0533 e.